The molecule has 0 saturated heterocycles. The lowest BCUT2D eigenvalue weighted by molar-refractivity contribution is 0.100. The zero-order valence-corrected chi connectivity index (χ0v) is 17.3. The largest absolute Gasteiger partial charge is 0.365 e. The third kappa shape index (κ3) is 4.42. The number of aromatic amines is 1. The number of benzene rings is 2. The predicted molar refractivity (Wildman–Crippen MR) is 121 cm³/mol. The van der Waals surface area contributed by atoms with Crippen LogP contribution in [0.4, 0.5) is 5.82 Å². The summed E-state index contributed by atoms with van der Waals surface area (Å²) in [6.07, 6.45) is 7.10. The van der Waals surface area contributed by atoms with Crippen LogP contribution in [0.2, 0.25) is 5.02 Å². The number of allylic oxidation sites excluding steroid dienone is 4. The van der Waals surface area contributed by atoms with Crippen LogP contribution in [0.3, 0.4) is 0 Å². The lowest BCUT2D eigenvalue weighted by Gasteiger charge is -2.04. The molecule has 0 spiro atoms. The van der Waals surface area contributed by atoms with E-state index in [4.69, 9.17) is 17.3 Å². The number of nitrogens with one attached hydrogen (secondary N) is 1. The summed E-state index contributed by atoms with van der Waals surface area (Å²) in [5.74, 6) is -0.268. The Morgan fingerprint density at radius 3 is 2.77 bits per heavy atom. The molecule has 0 unspecified atom stereocenters. The molecule has 5 nitrogen and oxygen atoms in total. The van der Waals surface area contributed by atoms with E-state index < -0.39 is 5.91 Å². The zero-order valence-electron chi connectivity index (χ0n) is 16.5. The number of aromatic nitrogens is 2. The molecular formula is C24H21ClN4O. The van der Waals surface area contributed by atoms with E-state index in [9.17, 15) is 4.79 Å². The van der Waals surface area contributed by atoms with Crippen molar-refractivity contribution in [2.75, 3.05) is 0 Å². The monoisotopic (exact) mass is 416 g/mol. The van der Waals surface area contributed by atoms with Gasteiger partial charge in [0.25, 0.3) is 5.91 Å². The molecule has 2 aromatic carbocycles. The van der Waals surface area contributed by atoms with E-state index in [0.29, 0.717) is 28.5 Å². The van der Waals surface area contributed by atoms with E-state index in [1.165, 1.54) is 16.7 Å². The molecule has 0 saturated carbocycles. The molecule has 0 aliphatic heterocycles. The third-order valence-electron chi connectivity index (χ3n) is 5.01. The maximum Gasteiger partial charge on any atom is 0.254 e. The quantitative estimate of drug-likeness (QED) is 0.543. The molecule has 1 aromatic heterocycles. The number of aryl methyl sites for hydroxylation is 1. The fourth-order valence-corrected chi connectivity index (χ4v) is 3.66. The molecule has 1 aliphatic rings. The van der Waals surface area contributed by atoms with Crippen molar-refractivity contribution in [3.05, 3.63) is 99.2 Å². The second-order valence-corrected chi connectivity index (χ2v) is 7.74. The number of rotatable bonds is 6. The number of nitrogens with two attached hydrogens (primary N) is 1. The van der Waals surface area contributed by atoms with E-state index in [0.717, 1.165) is 17.6 Å². The SMILES string of the molecule is Cc1ccc(C2=CC=C(C=Nc3n[nH]c(Cc4cccc(Cl)c4)c3C(N)=O)C2)cc1. The first-order chi connectivity index (χ1) is 14.5. The summed E-state index contributed by atoms with van der Waals surface area (Å²) < 4.78 is 0. The molecule has 1 heterocycles. The van der Waals surface area contributed by atoms with Gasteiger partial charge in [-0.25, -0.2) is 4.99 Å². The number of primary amides is 1. The standard InChI is InChI=1S/C24H21ClN4O/c1-15-5-8-18(9-6-15)19-10-7-17(11-19)14-27-24-22(23(26)30)21(28-29-24)13-16-3-2-4-20(25)12-16/h2-10,12,14H,11,13H2,1H3,(H2,26,30)(H,28,29). The summed E-state index contributed by atoms with van der Waals surface area (Å²) in [6.45, 7) is 2.07. The van der Waals surface area contributed by atoms with Gasteiger partial charge in [0.05, 0.1) is 5.69 Å². The molecular weight excluding hydrogens is 396 g/mol. The van der Waals surface area contributed by atoms with Crippen LogP contribution in [0.25, 0.3) is 5.57 Å². The number of carbonyl (C=O) groups excluding carboxylic acids is 1. The van der Waals surface area contributed by atoms with Gasteiger partial charge in [-0.05, 0) is 47.8 Å². The van der Waals surface area contributed by atoms with Crippen LogP contribution < -0.4 is 5.73 Å². The first-order valence-electron chi connectivity index (χ1n) is 9.62. The van der Waals surface area contributed by atoms with Crippen molar-refractivity contribution in [1.29, 1.82) is 0 Å². The highest BCUT2D eigenvalue weighted by molar-refractivity contribution is 6.30. The normalized spacial score (nSPS) is 13.5. The molecule has 4 rings (SSSR count). The van der Waals surface area contributed by atoms with Gasteiger partial charge in [-0.1, -0.05) is 65.7 Å². The molecule has 3 aromatic rings. The molecule has 1 aliphatic carbocycles. The molecule has 6 heteroatoms. The number of nitrogens with zero attached hydrogens (tertiary/aromatic N) is 2. The number of aliphatic imine (C=N–C) groups is 1. The smallest absolute Gasteiger partial charge is 0.254 e. The van der Waals surface area contributed by atoms with Gasteiger partial charge in [-0.15, -0.1) is 0 Å². The van der Waals surface area contributed by atoms with Gasteiger partial charge in [-0.3, -0.25) is 9.89 Å². The lowest BCUT2D eigenvalue weighted by Crippen LogP contribution is -2.13. The van der Waals surface area contributed by atoms with Crippen LogP contribution in [-0.2, 0) is 6.42 Å². The molecule has 1 amide bonds. The molecule has 0 bridgehead atoms. The minimum atomic E-state index is -0.563. The Morgan fingerprint density at radius 1 is 1.23 bits per heavy atom. The number of halogens is 1. The maximum absolute atomic E-state index is 12.1. The predicted octanol–water partition coefficient (Wildman–Crippen LogP) is 5.18. The molecule has 30 heavy (non-hydrogen) atoms. The Bertz CT molecular complexity index is 1190. The van der Waals surface area contributed by atoms with Crippen molar-refractivity contribution in [3.63, 3.8) is 0 Å². The minimum absolute atomic E-state index is 0.296. The number of hydrogen-bond donors (Lipinski definition) is 2. The Hall–Kier alpha value is -3.44. The average Bonchev–Trinajstić information content (AvgIpc) is 3.34. The summed E-state index contributed by atoms with van der Waals surface area (Å²) in [5.41, 5.74) is 12.2. The van der Waals surface area contributed by atoms with E-state index in [1.54, 1.807) is 12.3 Å². The van der Waals surface area contributed by atoms with E-state index in [-0.39, 0.29) is 0 Å². The Morgan fingerprint density at radius 2 is 2.03 bits per heavy atom. The van der Waals surface area contributed by atoms with Gasteiger partial charge in [-0.2, -0.15) is 5.10 Å². The van der Waals surface area contributed by atoms with Gasteiger partial charge < -0.3 is 5.73 Å². The van der Waals surface area contributed by atoms with Crippen LogP contribution in [0.1, 0.15) is 39.2 Å². The van der Waals surface area contributed by atoms with E-state index >= 15 is 0 Å². The van der Waals surface area contributed by atoms with E-state index in [1.807, 2.05) is 24.3 Å². The summed E-state index contributed by atoms with van der Waals surface area (Å²) in [4.78, 5) is 16.5. The van der Waals surface area contributed by atoms with Crippen molar-refractivity contribution in [2.45, 2.75) is 19.8 Å². The summed E-state index contributed by atoms with van der Waals surface area (Å²) in [6, 6.07) is 15.9. The van der Waals surface area contributed by atoms with Crippen LogP contribution in [0.5, 0.6) is 0 Å². The summed E-state index contributed by atoms with van der Waals surface area (Å²) >= 11 is 6.05. The van der Waals surface area contributed by atoms with Crippen molar-refractivity contribution in [3.8, 4) is 0 Å². The molecule has 3 N–H and O–H groups in total. The minimum Gasteiger partial charge on any atom is -0.365 e. The van der Waals surface area contributed by atoms with Crippen LogP contribution in [0, 0.1) is 6.92 Å². The maximum atomic E-state index is 12.1. The number of hydrogen-bond acceptors (Lipinski definition) is 3. The zero-order chi connectivity index (χ0) is 21.1. The lowest BCUT2D eigenvalue weighted by atomic mass is 10.0. The van der Waals surface area contributed by atoms with Gasteiger partial charge in [0.2, 0.25) is 0 Å². The molecule has 0 radical (unpaired) electrons. The second-order valence-electron chi connectivity index (χ2n) is 7.31. The Kier molecular flexibility index (Phi) is 5.63. The summed E-state index contributed by atoms with van der Waals surface area (Å²) in [7, 11) is 0. The summed E-state index contributed by atoms with van der Waals surface area (Å²) in [5, 5.41) is 7.74. The molecule has 0 fully saturated rings. The first-order valence-corrected chi connectivity index (χ1v) is 10.00. The van der Waals surface area contributed by atoms with Crippen molar-refractivity contribution in [2.24, 2.45) is 10.7 Å². The van der Waals surface area contributed by atoms with Crippen molar-refractivity contribution >= 4 is 35.1 Å². The Labute approximate surface area is 180 Å². The fourth-order valence-electron chi connectivity index (χ4n) is 3.44. The highest BCUT2D eigenvalue weighted by atomic mass is 35.5. The Balaban J connectivity index is 1.50. The van der Waals surface area contributed by atoms with Crippen molar-refractivity contribution < 1.29 is 4.79 Å². The fraction of sp³-hybridized carbons (Fsp3) is 0.125. The number of amides is 1. The highest BCUT2D eigenvalue weighted by Gasteiger charge is 2.18. The van der Waals surface area contributed by atoms with E-state index in [2.05, 4.69) is 52.5 Å². The second kappa shape index (κ2) is 8.51. The van der Waals surface area contributed by atoms with Gasteiger partial charge in [0, 0.05) is 17.7 Å². The highest BCUT2D eigenvalue weighted by Crippen LogP contribution is 2.28. The molecule has 0 atom stereocenters. The topological polar surface area (TPSA) is 84.1 Å². The molecule has 150 valence electrons. The van der Waals surface area contributed by atoms with Gasteiger partial charge >= 0.3 is 0 Å². The first kappa shape index (κ1) is 19.9. The van der Waals surface area contributed by atoms with Gasteiger partial charge in [0.1, 0.15) is 5.56 Å². The van der Waals surface area contributed by atoms with Gasteiger partial charge in [0.15, 0.2) is 5.82 Å². The van der Waals surface area contributed by atoms with Crippen molar-refractivity contribution in [1.82, 2.24) is 10.2 Å². The van der Waals surface area contributed by atoms with Crippen LogP contribution >= 0.6 is 11.6 Å². The third-order valence-corrected chi connectivity index (χ3v) is 5.24. The average molecular weight is 417 g/mol. The number of carbonyl (C=O) groups is 1. The van der Waals surface area contributed by atoms with Crippen LogP contribution in [-0.4, -0.2) is 22.3 Å². The number of H-pyrrole nitrogens is 1. The van der Waals surface area contributed by atoms with Crippen LogP contribution in [0.15, 0.2) is 71.2 Å².